The summed E-state index contributed by atoms with van der Waals surface area (Å²) in [5.74, 6) is 0.913. The molecule has 0 radical (unpaired) electrons. The fourth-order valence-electron chi connectivity index (χ4n) is 2.31. The van der Waals surface area contributed by atoms with E-state index in [4.69, 9.17) is 23.7 Å². The molecule has 1 aromatic rings. The number of methoxy groups -OCH3 is 1. The van der Waals surface area contributed by atoms with Crippen LogP contribution in [0.5, 0.6) is 5.75 Å². The average molecular weight is 355 g/mol. The lowest BCUT2D eigenvalue weighted by Crippen LogP contribution is -2.14. The van der Waals surface area contributed by atoms with Crippen molar-refractivity contribution >= 4 is 5.69 Å². The molecule has 0 heterocycles. The van der Waals surface area contributed by atoms with Crippen LogP contribution in [0.1, 0.15) is 11.1 Å². The van der Waals surface area contributed by atoms with Gasteiger partial charge in [0.1, 0.15) is 12.4 Å². The van der Waals surface area contributed by atoms with Crippen molar-refractivity contribution in [1.29, 1.82) is 0 Å². The predicted octanol–water partition coefficient (Wildman–Crippen LogP) is 2.44. The highest BCUT2D eigenvalue weighted by molar-refractivity contribution is 5.57. The minimum absolute atomic E-state index is 0.529. The standard InChI is InChI=1S/C19H33NO5/c1-16-15-19(17(2)14-18(16)20(3)4)25-13-12-24-11-10-23-9-8-22-7-6-21-5/h14-15H,6-13H2,1-5H3. The van der Waals surface area contributed by atoms with Crippen LogP contribution in [0.25, 0.3) is 0 Å². The first-order valence-electron chi connectivity index (χ1n) is 8.69. The molecule has 0 spiro atoms. The fraction of sp³-hybridized carbons (Fsp3) is 0.684. The number of rotatable bonds is 14. The number of hydrogen-bond donors (Lipinski definition) is 0. The molecule has 0 saturated heterocycles. The molecule has 144 valence electrons. The van der Waals surface area contributed by atoms with Gasteiger partial charge in [-0.1, -0.05) is 0 Å². The molecule has 0 aromatic heterocycles. The average Bonchev–Trinajstić information content (AvgIpc) is 2.58. The minimum atomic E-state index is 0.529. The second-order valence-electron chi connectivity index (χ2n) is 5.98. The van der Waals surface area contributed by atoms with Crippen LogP contribution >= 0.6 is 0 Å². The molecule has 0 atom stereocenters. The highest BCUT2D eigenvalue weighted by Gasteiger charge is 2.07. The van der Waals surface area contributed by atoms with Gasteiger partial charge >= 0.3 is 0 Å². The molecule has 0 aliphatic heterocycles. The quantitative estimate of drug-likeness (QED) is 0.478. The van der Waals surface area contributed by atoms with Crippen molar-refractivity contribution in [3.63, 3.8) is 0 Å². The summed E-state index contributed by atoms with van der Waals surface area (Å²) in [4.78, 5) is 2.11. The van der Waals surface area contributed by atoms with Crippen molar-refractivity contribution in [3.8, 4) is 5.75 Å². The van der Waals surface area contributed by atoms with Gasteiger partial charge in [0.25, 0.3) is 0 Å². The number of aryl methyl sites for hydroxylation is 2. The van der Waals surface area contributed by atoms with E-state index >= 15 is 0 Å². The van der Waals surface area contributed by atoms with Crippen LogP contribution in [-0.4, -0.2) is 74.1 Å². The van der Waals surface area contributed by atoms with Gasteiger partial charge in [0.05, 0.1) is 46.2 Å². The number of nitrogens with zero attached hydrogens (tertiary/aromatic N) is 1. The van der Waals surface area contributed by atoms with E-state index in [1.54, 1.807) is 7.11 Å². The molecule has 0 fully saturated rings. The van der Waals surface area contributed by atoms with E-state index in [1.807, 2.05) is 14.1 Å². The molecule has 0 amide bonds. The van der Waals surface area contributed by atoms with E-state index in [1.165, 1.54) is 11.3 Å². The summed E-state index contributed by atoms with van der Waals surface area (Å²) in [6, 6.07) is 4.23. The SMILES string of the molecule is COCCOCCOCCOCCOc1cc(C)c(N(C)C)cc1C. The van der Waals surface area contributed by atoms with Gasteiger partial charge in [-0.3, -0.25) is 0 Å². The summed E-state index contributed by atoms with van der Waals surface area (Å²) in [6.07, 6.45) is 0. The monoisotopic (exact) mass is 355 g/mol. The fourth-order valence-corrected chi connectivity index (χ4v) is 2.31. The van der Waals surface area contributed by atoms with Crippen molar-refractivity contribution in [2.24, 2.45) is 0 Å². The molecular weight excluding hydrogens is 322 g/mol. The molecule has 1 rings (SSSR count). The van der Waals surface area contributed by atoms with Crippen LogP contribution in [0.3, 0.4) is 0 Å². The number of benzene rings is 1. The van der Waals surface area contributed by atoms with Gasteiger partial charge in [-0.05, 0) is 37.1 Å². The molecule has 0 saturated carbocycles. The van der Waals surface area contributed by atoms with E-state index < -0.39 is 0 Å². The second-order valence-corrected chi connectivity index (χ2v) is 5.98. The minimum Gasteiger partial charge on any atom is -0.491 e. The molecular formula is C19H33NO5. The Bertz CT molecular complexity index is 479. The molecule has 25 heavy (non-hydrogen) atoms. The maximum atomic E-state index is 5.82. The van der Waals surface area contributed by atoms with Crippen LogP contribution in [0.4, 0.5) is 5.69 Å². The maximum absolute atomic E-state index is 5.82. The third kappa shape index (κ3) is 9.07. The molecule has 0 aliphatic carbocycles. The Balaban J connectivity index is 2.07. The molecule has 0 aliphatic rings. The smallest absolute Gasteiger partial charge is 0.122 e. The molecule has 1 aromatic carbocycles. The summed E-state index contributed by atoms with van der Waals surface area (Å²) < 4.78 is 26.9. The van der Waals surface area contributed by atoms with Crippen molar-refractivity contribution in [2.45, 2.75) is 13.8 Å². The van der Waals surface area contributed by atoms with E-state index in [2.05, 4.69) is 30.9 Å². The van der Waals surface area contributed by atoms with Gasteiger partial charge in [-0.15, -0.1) is 0 Å². The predicted molar refractivity (Wildman–Crippen MR) is 100 cm³/mol. The number of anilines is 1. The third-order valence-electron chi connectivity index (χ3n) is 3.64. The number of ether oxygens (including phenoxy) is 5. The highest BCUT2D eigenvalue weighted by Crippen LogP contribution is 2.27. The largest absolute Gasteiger partial charge is 0.491 e. The van der Waals surface area contributed by atoms with Crippen molar-refractivity contribution in [3.05, 3.63) is 23.3 Å². The van der Waals surface area contributed by atoms with Crippen LogP contribution in [0, 0.1) is 13.8 Å². The van der Waals surface area contributed by atoms with Gasteiger partial charge in [0, 0.05) is 26.9 Å². The Morgan fingerprint density at radius 3 is 1.76 bits per heavy atom. The van der Waals surface area contributed by atoms with Crippen molar-refractivity contribution in [1.82, 2.24) is 0 Å². The lowest BCUT2D eigenvalue weighted by molar-refractivity contribution is 0.000140. The summed E-state index contributed by atoms with van der Waals surface area (Å²) in [5.41, 5.74) is 3.54. The van der Waals surface area contributed by atoms with Crippen LogP contribution < -0.4 is 9.64 Å². The second kappa shape index (κ2) is 12.9. The van der Waals surface area contributed by atoms with Gasteiger partial charge in [0.2, 0.25) is 0 Å². The summed E-state index contributed by atoms with van der Waals surface area (Å²) in [7, 11) is 5.75. The van der Waals surface area contributed by atoms with Crippen molar-refractivity contribution < 1.29 is 23.7 Å². The first-order valence-corrected chi connectivity index (χ1v) is 8.69. The molecule has 0 bridgehead atoms. The first-order chi connectivity index (χ1) is 12.1. The number of hydrogen-bond acceptors (Lipinski definition) is 6. The van der Waals surface area contributed by atoms with E-state index in [0.29, 0.717) is 52.9 Å². The summed E-state index contributed by atoms with van der Waals surface area (Å²) in [6.45, 7) is 8.70. The Morgan fingerprint density at radius 2 is 1.24 bits per heavy atom. The highest BCUT2D eigenvalue weighted by atomic mass is 16.6. The van der Waals surface area contributed by atoms with Crippen LogP contribution in [0.2, 0.25) is 0 Å². The molecule has 0 N–H and O–H groups in total. The van der Waals surface area contributed by atoms with Gasteiger partial charge in [-0.2, -0.15) is 0 Å². The lowest BCUT2D eigenvalue weighted by atomic mass is 10.1. The van der Waals surface area contributed by atoms with E-state index in [9.17, 15) is 0 Å². The molecule has 6 nitrogen and oxygen atoms in total. The van der Waals surface area contributed by atoms with Gasteiger partial charge in [0.15, 0.2) is 0 Å². The molecule has 0 unspecified atom stereocenters. The molecule has 6 heteroatoms. The zero-order chi connectivity index (χ0) is 18.5. The Kier molecular flexibility index (Phi) is 11.2. The lowest BCUT2D eigenvalue weighted by Gasteiger charge is -2.18. The normalized spacial score (nSPS) is 10.9. The third-order valence-corrected chi connectivity index (χ3v) is 3.64. The van der Waals surface area contributed by atoms with Crippen LogP contribution in [-0.2, 0) is 18.9 Å². The Morgan fingerprint density at radius 1 is 0.720 bits per heavy atom. The summed E-state index contributed by atoms with van der Waals surface area (Å²) >= 11 is 0. The van der Waals surface area contributed by atoms with Crippen molar-refractivity contribution in [2.75, 3.05) is 79.0 Å². The Labute approximate surface area is 152 Å². The first kappa shape index (κ1) is 21.7. The van der Waals surface area contributed by atoms with E-state index in [0.717, 1.165) is 11.3 Å². The van der Waals surface area contributed by atoms with Gasteiger partial charge < -0.3 is 28.6 Å². The zero-order valence-electron chi connectivity index (χ0n) is 16.3. The zero-order valence-corrected chi connectivity index (χ0v) is 16.3. The Hall–Kier alpha value is -1.34. The van der Waals surface area contributed by atoms with Gasteiger partial charge in [-0.25, -0.2) is 0 Å². The van der Waals surface area contributed by atoms with Crippen LogP contribution in [0.15, 0.2) is 12.1 Å². The van der Waals surface area contributed by atoms with E-state index in [-0.39, 0.29) is 0 Å². The summed E-state index contributed by atoms with van der Waals surface area (Å²) in [5, 5.41) is 0. The maximum Gasteiger partial charge on any atom is 0.122 e. The topological polar surface area (TPSA) is 49.4 Å².